The van der Waals surface area contributed by atoms with Gasteiger partial charge in [-0.05, 0) is 49.4 Å². The van der Waals surface area contributed by atoms with Crippen LogP contribution in [0.5, 0.6) is 11.6 Å². The van der Waals surface area contributed by atoms with E-state index >= 15 is 0 Å². The Morgan fingerprint density at radius 3 is 2.71 bits per heavy atom. The molecule has 2 fully saturated rings. The van der Waals surface area contributed by atoms with E-state index in [0.717, 1.165) is 37.4 Å². The predicted octanol–water partition coefficient (Wildman–Crippen LogP) is 3.97. The highest BCUT2D eigenvalue weighted by Gasteiger charge is 2.26. The van der Waals surface area contributed by atoms with Gasteiger partial charge in [0, 0.05) is 30.9 Å². The van der Waals surface area contributed by atoms with Crippen molar-refractivity contribution in [3.05, 3.63) is 48.2 Å². The molecule has 1 aliphatic heterocycles. The zero-order chi connectivity index (χ0) is 21.8. The maximum absolute atomic E-state index is 12.4. The summed E-state index contributed by atoms with van der Waals surface area (Å²) in [7, 11) is 0. The van der Waals surface area contributed by atoms with Crippen molar-refractivity contribution in [1.82, 2.24) is 10.3 Å². The number of rotatable bonds is 9. The first-order chi connectivity index (χ1) is 15.0. The van der Waals surface area contributed by atoms with Crippen LogP contribution in [0, 0.1) is 5.92 Å². The number of anilines is 1. The number of alkyl halides is 2. The molecule has 1 aliphatic carbocycles. The lowest BCUT2D eigenvalue weighted by Crippen LogP contribution is -2.31. The van der Waals surface area contributed by atoms with Crippen LogP contribution < -0.4 is 19.7 Å². The number of pyridine rings is 1. The predicted molar refractivity (Wildman–Crippen MR) is 113 cm³/mol. The number of benzene rings is 1. The fourth-order valence-electron chi connectivity index (χ4n) is 3.61. The normalized spacial score (nSPS) is 19.4. The van der Waals surface area contributed by atoms with Crippen molar-refractivity contribution in [2.24, 2.45) is 5.92 Å². The van der Waals surface area contributed by atoms with Gasteiger partial charge in [-0.2, -0.15) is 8.78 Å². The van der Waals surface area contributed by atoms with Crippen LogP contribution in [-0.2, 0) is 4.79 Å². The molecule has 1 amide bonds. The Kier molecular flexibility index (Phi) is 6.53. The molecule has 31 heavy (non-hydrogen) atoms. The van der Waals surface area contributed by atoms with Crippen LogP contribution in [-0.4, -0.2) is 43.1 Å². The van der Waals surface area contributed by atoms with Gasteiger partial charge in [-0.3, -0.25) is 4.79 Å². The third-order valence-electron chi connectivity index (χ3n) is 5.63. The van der Waals surface area contributed by atoms with Crippen molar-refractivity contribution < 1.29 is 23.0 Å². The van der Waals surface area contributed by atoms with E-state index in [1.54, 1.807) is 37.4 Å². The van der Waals surface area contributed by atoms with E-state index in [0.29, 0.717) is 17.5 Å². The first-order valence-corrected chi connectivity index (χ1v) is 10.7. The molecule has 2 aromatic rings. The van der Waals surface area contributed by atoms with Crippen LogP contribution in [0.2, 0.25) is 0 Å². The molecule has 2 aliphatic rings. The van der Waals surface area contributed by atoms with Crippen molar-refractivity contribution >= 4 is 11.6 Å². The van der Waals surface area contributed by atoms with Crippen LogP contribution in [0.1, 0.15) is 37.8 Å². The molecule has 1 aromatic carbocycles. The smallest absolute Gasteiger partial charge is 0.315 e. The molecular formula is C23H27F2N3O3. The van der Waals surface area contributed by atoms with Crippen molar-refractivity contribution in [2.45, 2.75) is 44.8 Å². The van der Waals surface area contributed by atoms with Gasteiger partial charge in [0.1, 0.15) is 11.9 Å². The number of hydrogen-bond donors (Lipinski definition) is 1. The second kappa shape index (κ2) is 9.49. The van der Waals surface area contributed by atoms with Crippen LogP contribution in [0.3, 0.4) is 0 Å². The second-order valence-corrected chi connectivity index (χ2v) is 8.18. The van der Waals surface area contributed by atoms with E-state index in [-0.39, 0.29) is 6.10 Å². The van der Waals surface area contributed by atoms with E-state index in [2.05, 4.69) is 15.2 Å². The van der Waals surface area contributed by atoms with Crippen molar-refractivity contribution in [3.63, 3.8) is 0 Å². The fourth-order valence-corrected chi connectivity index (χ4v) is 3.61. The van der Waals surface area contributed by atoms with Gasteiger partial charge in [0.25, 0.3) is 5.91 Å². The quantitative estimate of drug-likeness (QED) is 0.651. The first-order valence-electron chi connectivity index (χ1n) is 10.7. The van der Waals surface area contributed by atoms with Gasteiger partial charge < -0.3 is 19.7 Å². The number of aromatic nitrogens is 1. The number of halogens is 2. The minimum Gasteiger partial charge on any atom is -0.489 e. The number of carbonyl (C=O) groups excluding carboxylic acids is 1. The van der Waals surface area contributed by atoms with Gasteiger partial charge in [-0.25, -0.2) is 4.98 Å². The first kappa shape index (κ1) is 21.3. The fraction of sp³-hybridized carbons (Fsp3) is 0.478. The number of nitrogens with one attached hydrogen (secondary N) is 1. The second-order valence-electron chi connectivity index (χ2n) is 8.18. The van der Waals surface area contributed by atoms with E-state index in [9.17, 15) is 13.6 Å². The molecular weight excluding hydrogens is 404 g/mol. The largest absolute Gasteiger partial charge is 0.489 e. The van der Waals surface area contributed by atoms with Gasteiger partial charge >= 0.3 is 6.43 Å². The van der Waals surface area contributed by atoms with Gasteiger partial charge in [-0.15, -0.1) is 0 Å². The lowest BCUT2D eigenvalue weighted by molar-refractivity contribution is -0.132. The van der Waals surface area contributed by atoms with Crippen LogP contribution >= 0.6 is 0 Å². The summed E-state index contributed by atoms with van der Waals surface area (Å²) in [6.07, 6.45) is 2.19. The van der Waals surface area contributed by atoms with Crippen molar-refractivity contribution in [1.29, 1.82) is 0 Å². The Balaban J connectivity index is 1.29. The monoisotopic (exact) mass is 431 g/mol. The minimum atomic E-state index is -3.02. The van der Waals surface area contributed by atoms with Crippen LogP contribution in [0.15, 0.2) is 42.6 Å². The standard InChI is InChI=1S/C23H27F2N3O3/c1-15(27-23(29)22(24)25)17-4-6-19(7-5-17)31-20-9-11-28(13-20)18-8-10-26-21(12-18)30-14-16-2-3-16/h4-8,10,12,15-16,20,22H,2-3,9,11,13-14H2,1H3,(H,27,29)/t15-,20?/m0/s1. The molecule has 1 saturated heterocycles. The molecule has 0 bridgehead atoms. The van der Waals surface area contributed by atoms with Crippen LogP contribution in [0.4, 0.5) is 14.5 Å². The molecule has 0 radical (unpaired) electrons. The lowest BCUT2D eigenvalue weighted by atomic mass is 10.1. The number of nitrogens with zero attached hydrogens (tertiary/aromatic N) is 2. The lowest BCUT2D eigenvalue weighted by Gasteiger charge is -2.20. The number of amides is 1. The Labute approximate surface area is 180 Å². The Bertz CT molecular complexity index is 890. The molecule has 8 heteroatoms. The molecule has 6 nitrogen and oxygen atoms in total. The molecule has 2 heterocycles. The van der Waals surface area contributed by atoms with Gasteiger partial charge in [0.05, 0.1) is 19.2 Å². The summed E-state index contributed by atoms with van der Waals surface area (Å²) < 4.78 is 36.7. The average molecular weight is 431 g/mol. The minimum absolute atomic E-state index is 0.0470. The van der Waals surface area contributed by atoms with Crippen molar-refractivity contribution in [3.8, 4) is 11.6 Å². The molecule has 2 atom stereocenters. The van der Waals surface area contributed by atoms with Gasteiger partial charge in [-0.1, -0.05) is 12.1 Å². The Morgan fingerprint density at radius 2 is 2.00 bits per heavy atom. The average Bonchev–Trinajstić information content (AvgIpc) is 3.49. The molecule has 4 rings (SSSR count). The van der Waals surface area contributed by atoms with E-state index < -0.39 is 18.4 Å². The summed E-state index contributed by atoms with van der Waals surface area (Å²) in [4.78, 5) is 17.7. The molecule has 1 aromatic heterocycles. The third-order valence-corrected chi connectivity index (χ3v) is 5.63. The molecule has 166 valence electrons. The van der Waals surface area contributed by atoms with E-state index in [4.69, 9.17) is 9.47 Å². The summed E-state index contributed by atoms with van der Waals surface area (Å²) in [6.45, 7) is 4.05. The number of ether oxygens (including phenoxy) is 2. The van der Waals surface area contributed by atoms with Gasteiger partial charge in [0.2, 0.25) is 5.88 Å². The molecule has 1 unspecified atom stereocenters. The summed E-state index contributed by atoms with van der Waals surface area (Å²) in [5, 5.41) is 2.28. The third kappa shape index (κ3) is 5.83. The van der Waals surface area contributed by atoms with Crippen molar-refractivity contribution in [2.75, 3.05) is 24.6 Å². The van der Waals surface area contributed by atoms with Crippen LogP contribution in [0.25, 0.3) is 0 Å². The maximum atomic E-state index is 12.4. The maximum Gasteiger partial charge on any atom is 0.315 e. The summed E-state index contributed by atoms with van der Waals surface area (Å²) in [5.74, 6) is 0.796. The number of hydrogen-bond acceptors (Lipinski definition) is 5. The highest BCUT2D eigenvalue weighted by molar-refractivity contribution is 5.79. The Hall–Kier alpha value is -2.90. The SMILES string of the molecule is C[C@H](NC(=O)C(F)F)c1ccc(OC2CCN(c3ccnc(OCC4CC4)c3)C2)cc1. The summed E-state index contributed by atoms with van der Waals surface area (Å²) in [6, 6.07) is 10.6. The highest BCUT2D eigenvalue weighted by Crippen LogP contribution is 2.30. The molecule has 1 N–H and O–H groups in total. The van der Waals surface area contributed by atoms with Gasteiger partial charge in [0.15, 0.2) is 0 Å². The zero-order valence-electron chi connectivity index (χ0n) is 17.5. The molecule has 1 saturated carbocycles. The topological polar surface area (TPSA) is 63.7 Å². The highest BCUT2D eigenvalue weighted by atomic mass is 19.3. The van der Waals surface area contributed by atoms with E-state index in [1.165, 1.54) is 12.8 Å². The molecule has 0 spiro atoms. The van der Waals surface area contributed by atoms with E-state index in [1.807, 2.05) is 12.1 Å². The zero-order valence-corrected chi connectivity index (χ0v) is 17.5. The Morgan fingerprint density at radius 1 is 1.23 bits per heavy atom. The summed E-state index contributed by atoms with van der Waals surface area (Å²) >= 11 is 0. The number of carbonyl (C=O) groups is 1. The summed E-state index contributed by atoms with van der Waals surface area (Å²) in [5.41, 5.74) is 1.82.